The number of pyridine rings is 1. The van der Waals surface area contributed by atoms with Gasteiger partial charge in [0.05, 0.1) is 16.0 Å². The number of carbonyl (C=O) groups excluding carboxylic acids is 1. The van der Waals surface area contributed by atoms with Crippen LogP contribution in [0.4, 0.5) is 0 Å². The summed E-state index contributed by atoms with van der Waals surface area (Å²) in [7, 11) is -3.42. The molecule has 3 aromatic rings. The number of carbonyl (C=O) groups is 1. The third-order valence-electron chi connectivity index (χ3n) is 5.42. The van der Waals surface area contributed by atoms with Gasteiger partial charge in [-0.2, -0.15) is 4.31 Å². The summed E-state index contributed by atoms with van der Waals surface area (Å²) in [6.45, 7) is 5.34. The van der Waals surface area contributed by atoms with E-state index in [1.54, 1.807) is 30.3 Å². The first-order valence-electron chi connectivity index (χ1n) is 10.1. The molecular formula is C23H25N3O3S. The highest BCUT2D eigenvalue weighted by Crippen LogP contribution is 2.22. The van der Waals surface area contributed by atoms with E-state index in [-0.39, 0.29) is 5.91 Å². The maximum Gasteiger partial charge on any atom is 0.252 e. The third kappa shape index (κ3) is 4.08. The molecule has 0 saturated carbocycles. The van der Waals surface area contributed by atoms with Crippen molar-refractivity contribution in [2.75, 3.05) is 13.1 Å². The van der Waals surface area contributed by atoms with Gasteiger partial charge in [-0.3, -0.25) is 9.78 Å². The molecule has 0 atom stereocenters. The monoisotopic (exact) mass is 423 g/mol. The van der Waals surface area contributed by atoms with E-state index in [4.69, 9.17) is 0 Å². The second kappa shape index (κ2) is 8.16. The molecule has 2 heterocycles. The number of nitrogens with zero attached hydrogens (tertiary/aromatic N) is 2. The van der Waals surface area contributed by atoms with Crippen LogP contribution < -0.4 is 5.32 Å². The van der Waals surface area contributed by atoms with Gasteiger partial charge in [0.25, 0.3) is 5.91 Å². The van der Waals surface area contributed by atoms with Crippen molar-refractivity contribution in [1.82, 2.24) is 14.6 Å². The van der Waals surface area contributed by atoms with Crippen molar-refractivity contribution in [3.63, 3.8) is 0 Å². The lowest BCUT2D eigenvalue weighted by Gasteiger charge is -2.15. The first-order chi connectivity index (χ1) is 14.3. The Morgan fingerprint density at radius 1 is 1.03 bits per heavy atom. The van der Waals surface area contributed by atoms with Gasteiger partial charge in [0.1, 0.15) is 0 Å². The molecule has 6 nitrogen and oxygen atoms in total. The largest absolute Gasteiger partial charge is 0.348 e. The number of hydrogen-bond donors (Lipinski definition) is 1. The van der Waals surface area contributed by atoms with Gasteiger partial charge in [-0.05, 0) is 62.6 Å². The number of rotatable bonds is 5. The van der Waals surface area contributed by atoms with Crippen LogP contribution in [0, 0.1) is 13.8 Å². The van der Waals surface area contributed by atoms with Crippen LogP contribution in [0.15, 0.2) is 53.4 Å². The number of hydrogen-bond acceptors (Lipinski definition) is 4. The lowest BCUT2D eigenvalue weighted by atomic mass is 10.0. The number of nitrogens with one attached hydrogen (secondary N) is 1. The van der Waals surface area contributed by atoms with Crippen LogP contribution >= 0.6 is 0 Å². The SMILES string of the molecule is Cc1ccc2nc(C)cc(C(=O)NCc3ccc(S(=O)(=O)N4CCCC4)cc3)c2c1. The summed E-state index contributed by atoms with van der Waals surface area (Å²) in [6.07, 6.45) is 1.82. The van der Waals surface area contributed by atoms with Crippen LogP contribution in [0.5, 0.6) is 0 Å². The predicted octanol–water partition coefficient (Wildman–Crippen LogP) is 3.57. The molecule has 0 unspecified atom stereocenters. The Hall–Kier alpha value is -2.77. The summed E-state index contributed by atoms with van der Waals surface area (Å²) < 4.78 is 26.8. The van der Waals surface area contributed by atoms with Crippen molar-refractivity contribution >= 4 is 26.8 Å². The van der Waals surface area contributed by atoms with Crippen molar-refractivity contribution in [2.24, 2.45) is 0 Å². The number of aryl methyl sites for hydroxylation is 2. The quantitative estimate of drug-likeness (QED) is 0.680. The maximum absolute atomic E-state index is 12.9. The van der Waals surface area contributed by atoms with Crippen LogP contribution in [-0.4, -0.2) is 36.7 Å². The molecule has 30 heavy (non-hydrogen) atoms. The van der Waals surface area contributed by atoms with Crippen molar-refractivity contribution in [2.45, 2.75) is 38.1 Å². The third-order valence-corrected chi connectivity index (χ3v) is 7.33. The first-order valence-corrected chi connectivity index (χ1v) is 11.5. The van der Waals surface area contributed by atoms with Crippen LogP contribution in [0.2, 0.25) is 0 Å². The summed E-state index contributed by atoms with van der Waals surface area (Å²) in [5, 5.41) is 3.77. The van der Waals surface area contributed by atoms with Gasteiger partial charge < -0.3 is 5.32 Å². The molecule has 1 aromatic heterocycles. The predicted molar refractivity (Wildman–Crippen MR) is 117 cm³/mol. The fourth-order valence-electron chi connectivity index (χ4n) is 3.79. The summed E-state index contributed by atoms with van der Waals surface area (Å²) >= 11 is 0. The molecule has 2 aromatic carbocycles. The number of amides is 1. The van der Waals surface area contributed by atoms with Gasteiger partial charge in [0.15, 0.2) is 0 Å². The standard InChI is InChI=1S/C23H25N3O3S/c1-16-5-10-22-20(13-16)21(14-17(2)25-22)23(27)24-15-18-6-8-19(9-7-18)30(28,29)26-11-3-4-12-26/h5-10,13-14H,3-4,11-12,15H2,1-2H3,(H,24,27). The minimum absolute atomic E-state index is 0.176. The molecule has 0 radical (unpaired) electrons. The number of aromatic nitrogens is 1. The molecule has 1 amide bonds. The van der Waals surface area contributed by atoms with E-state index in [1.807, 2.05) is 32.0 Å². The van der Waals surface area contributed by atoms with Gasteiger partial charge in [0.2, 0.25) is 10.0 Å². The average Bonchev–Trinajstić information content (AvgIpc) is 3.28. The van der Waals surface area contributed by atoms with Gasteiger partial charge in [0, 0.05) is 30.7 Å². The number of fused-ring (bicyclic) bond motifs is 1. The van der Waals surface area contributed by atoms with Gasteiger partial charge in [-0.15, -0.1) is 0 Å². The molecule has 1 fully saturated rings. The first kappa shape index (κ1) is 20.5. The Morgan fingerprint density at radius 2 is 1.73 bits per heavy atom. The van der Waals surface area contributed by atoms with Crippen molar-refractivity contribution in [3.05, 3.63) is 70.9 Å². The van der Waals surface area contributed by atoms with Crippen molar-refractivity contribution < 1.29 is 13.2 Å². The highest BCUT2D eigenvalue weighted by Gasteiger charge is 2.26. The van der Waals surface area contributed by atoms with E-state index in [1.165, 1.54) is 4.31 Å². The Bertz CT molecular complexity index is 1200. The molecule has 1 saturated heterocycles. The van der Waals surface area contributed by atoms with E-state index in [0.717, 1.165) is 40.6 Å². The van der Waals surface area contributed by atoms with Crippen molar-refractivity contribution in [1.29, 1.82) is 0 Å². The summed E-state index contributed by atoms with van der Waals surface area (Å²) in [5.41, 5.74) is 4.08. The summed E-state index contributed by atoms with van der Waals surface area (Å²) in [4.78, 5) is 17.7. The topological polar surface area (TPSA) is 79.4 Å². The Balaban J connectivity index is 1.49. The molecule has 0 bridgehead atoms. The van der Waals surface area contributed by atoms with Crippen LogP contribution in [0.3, 0.4) is 0 Å². The lowest BCUT2D eigenvalue weighted by Crippen LogP contribution is -2.28. The van der Waals surface area contributed by atoms with E-state index in [0.29, 0.717) is 30.1 Å². The Kier molecular flexibility index (Phi) is 5.58. The number of sulfonamides is 1. The van der Waals surface area contributed by atoms with Crippen LogP contribution in [0.1, 0.15) is 40.0 Å². The molecule has 0 aliphatic carbocycles. The molecule has 1 aliphatic heterocycles. The van der Waals surface area contributed by atoms with Crippen LogP contribution in [-0.2, 0) is 16.6 Å². The normalized spacial score (nSPS) is 14.9. The second-order valence-electron chi connectivity index (χ2n) is 7.77. The molecule has 1 aliphatic rings. The Labute approximate surface area is 177 Å². The van der Waals surface area contributed by atoms with E-state index < -0.39 is 10.0 Å². The second-order valence-corrected chi connectivity index (χ2v) is 9.71. The molecule has 1 N–H and O–H groups in total. The summed E-state index contributed by atoms with van der Waals surface area (Å²) in [6, 6.07) is 14.4. The zero-order valence-corrected chi connectivity index (χ0v) is 18.0. The lowest BCUT2D eigenvalue weighted by molar-refractivity contribution is 0.0952. The van der Waals surface area contributed by atoms with E-state index in [9.17, 15) is 13.2 Å². The van der Waals surface area contributed by atoms with E-state index in [2.05, 4.69) is 10.3 Å². The van der Waals surface area contributed by atoms with Crippen molar-refractivity contribution in [3.8, 4) is 0 Å². The minimum Gasteiger partial charge on any atom is -0.348 e. The molecule has 7 heteroatoms. The Morgan fingerprint density at radius 3 is 2.43 bits per heavy atom. The maximum atomic E-state index is 12.9. The minimum atomic E-state index is -3.42. The molecule has 0 spiro atoms. The van der Waals surface area contributed by atoms with Gasteiger partial charge in [-0.25, -0.2) is 8.42 Å². The molecule has 156 valence electrons. The molecular weight excluding hydrogens is 398 g/mol. The zero-order valence-electron chi connectivity index (χ0n) is 17.2. The fraction of sp³-hybridized carbons (Fsp3) is 0.304. The average molecular weight is 424 g/mol. The highest BCUT2D eigenvalue weighted by atomic mass is 32.2. The van der Waals surface area contributed by atoms with Crippen LogP contribution in [0.25, 0.3) is 10.9 Å². The number of benzene rings is 2. The van der Waals surface area contributed by atoms with E-state index >= 15 is 0 Å². The zero-order chi connectivity index (χ0) is 21.3. The van der Waals surface area contributed by atoms with Gasteiger partial charge >= 0.3 is 0 Å². The summed E-state index contributed by atoms with van der Waals surface area (Å²) in [5.74, 6) is -0.176. The molecule has 4 rings (SSSR count). The fourth-order valence-corrected chi connectivity index (χ4v) is 5.31. The smallest absolute Gasteiger partial charge is 0.252 e. The van der Waals surface area contributed by atoms with Gasteiger partial charge in [-0.1, -0.05) is 23.8 Å². The highest BCUT2D eigenvalue weighted by molar-refractivity contribution is 7.89.